The van der Waals surface area contributed by atoms with Gasteiger partial charge in [-0.1, -0.05) is 43.7 Å². The highest BCUT2D eigenvalue weighted by molar-refractivity contribution is 5.85. The molecule has 1 aromatic rings. The van der Waals surface area contributed by atoms with Crippen LogP contribution in [0.4, 0.5) is 0 Å². The maximum atomic E-state index is 11.5. The van der Waals surface area contributed by atoms with Gasteiger partial charge in [-0.15, -0.1) is 0 Å². The fraction of sp³-hybridized carbons (Fsp3) is 0.429. The Morgan fingerprint density at radius 2 is 1.72 bits per heavy atom. The van der Waals surface area contributed by atoms with E-state index in [0.29, 0.717) is 6.54 Å². The number of rotatable bonds is 5. The second kappa shape index (κ2) is 6.79. The van der Waals surface area contributed by atoms with E-state index in [0.717, 1.165) is 5.56 Å². The molecular formula is C14H20N2O2. The highest BCUT2D eigenvalue weighted by Crippen LogP contribution is 2.02. The number of hydrogen-bond donors (Lipinski definition) is 2. The van der Waals surface area contributed by atoms with Gasteiger partial charge >= 0.3 is 0 Å². The Hall–Kier alpha value is -1.84. The molecule has 0 heterocycles. The lowest BCUT2D eigenvalue weighted by Crippen LogP contribution is -2.38. The van der Waals surface area contributed by atoms with E-state index in [1.165, 1.54) is 5.56 Å². The first-order valence-electron chi connectivity index (χ1n) is 6.09. The van der Waals surface area contributed by atoms with Crippen molar-refractivity contribution >= 4 is 11.8 Å². The lowest BCUT2D eigenvalue weighted by molar-refractivity contribution is -0.127. The van der Waals surface area contributed by atoms with Gasteiger partial charge < -0.3 is 10.6 Å². The fourth-order valence-corrected chi connectivity index (χ4v) is 1.34. The molecule has 0 aliphatic heterocycles. The van der Waals surface area contributed by atoms with Gasteiger partial charge in [-0.05, 0) is 12.5 Å². The molecule has 0 aliphatic rings. The number of carbonyl (C=O) groups excluding carboxylic acids is 2. The van der Waals surface area contributed by atoms with Crippen molar-refractivity contribution in [2.24, 2.45) is 5.92 Å². The third-order valence-corrected chi connectivity index (χ3v) is 2.56. The van der Waals surface area contributed by atoms with E-state index in [-0.39, 0.29) is 24.3 Å². The molecule has 2 amide bonds. The van der Waals surface area contributed by atoms with Crippen molar-refractivity contribution in [1.29, 1.82) is 0 Å². The first-order valence-corrected chi connectivity index (χ1v) is 6.09. The number of hydrogen-bond acceptors (Lipinski definition) is 2. The largest absolute Gasteiger partial charge is 0.350 e. The normalized spacial score (nSPS) is 10.2. The molecule has 0 aliphatic carbocycles. The molecule has 0 unspecified atom stereocenters. The number of nitrogens with one attached hydrogen (secondary N) is 2. The van der Waals surface area contributed by atoms with E-state index >= 15 is 0 Å². The highest BCUT2D eigenvalue weighted by Gasteiger charge is 2.08. The van der Waals surface area contributed by atoms with Crippen LogP contribution in [0.2, 0.25) is 0 Å². The monoisotopic (exact) mass is 248 g/mol. The van der Waals surface area contributed by atoms with E-state index < -0.39 is 0 Å². The first kappa shape index (κ1) is 14.2. The SMILES string of the molecule is Cc1ccc(CNC(=O)CNC(=O)C(C)C)cc1. The van der Waals surface area contributed by atoms with Gasteiger partial charge in [-0.2, -0.15) is 0 Å². The summed E-state index contributed by atoms with van der Waals surface area (Å²) in [4.78, 5) is 22.8. The summed E-state index contributed by atoms with van der Waals surface area (Å²) < 4.78 is 0. The smallest absolute Gasteiger partial charge is 0.239 e. The maximum Gasteiger partial charge on any atom is 0.239 e. The second-order valence-electron chi connectivity index (χ2n) is 4.63. The Labute approximate surface area is 108 Å². The van der Waals surface area contributed by atoms with Crippen LogP contribution < -0.4 is 10.6 Å². The predicted molar refractivity (Wildman–Crippen MR) is 70.9 cm³/mol. The lowest BCUT2D eigenvalue weighted by Gasteiger charge is -2.08. The molecule has 2 N–H and O–H groups in total. The van der Waals surface area contributed by atoms with Crippen molar-refractivity contribution < 1.29 is 9.59 Å². The van der Waals surface area contributed by atoms with Crippen LogP contribution in [0.3, 0.4) is 0 Å². The zero-order chi connectivity index (χ0) is 13.5. The van der Waals surface area contributed by atoms with E-state index in [2.05, 4.69) is 10.6 Å². The van der Waals surface area contributed by atoms with Crippen molar-refractivity contribution in [2.75, 3.05) is 6.54 Å². The molecule has 0 saturated heterocycles. The molecule has 4 nitrogen and oxygen atoms in total. The molecule has 98 valence electrons. The summed E-state index contributed by atoms with van der Waals surface area (Å²) in [6.07, 6.45) is 0. The molecule has 0 bridgehead atoms. The van der Waals surface area contributed by atoms with Crippen LogP contribution in [-0.2, 0) is 16.1 Å². The minimum absolute atomic E-state index is 0.0306. The van der Waals surface area contributed by atoms with Crippen LogP contribution in [0.5, 0.6) is 0 Å². The molecule has 0 spiro atoms. The van der Waals surface area contributed by atoms with Crippen molar-refractivity contribution in [3.63, 3.8) is 0 Å². The van der Waals surface area contributed by atoms with Gasteiger partial charge in [0.2, 0.25) is 11.8 Å². The topological polar surface area (TPSA) is 58.2 Å². The van der Waals surface area contributed by atoms with Crippen molar-refractivity contribution in [3.05, 3.63) is 35.4 Å². The van der Waals surface area contributed by atoms with Gasteiger partial charge in [0.25, 0.3) is 0 Å². The summed E-state index contributed by atoms with van der Waals surface area (Å²) >= 11 is 0. The molecule has 0 radical (unpaired) electrons. The van der Waals surface area contributed by atoms with Gasteiger partial charge in [0.1, 0.15) is 0 Å². The summed E-state index contributed by atoms with van der Waals surface area (Å²) in [7, 11) is 0. The van der Waals surface area contributed by atoms with Crippen LogP contribution >= 0.6 is 0 Å². The van der Waals surface area contributed by atoms with Gasteiger partial charge in [0, 0.05) is 12.5 Å². The van der Waals surface area contributed by atoms with Gasteiger partial charge in [0.15, 0.2) is 0 Å². The summed E-state index contributed by atoms with van der Waals surface area (Å²) in [6, 6.07) is 7.95. The minimum atomic E-state index is -0.176. The zero-order valence-corrected chi connectivity index (χ0v) is 11.1. The minimum Gasteiger partial charge on any atom is -0.350 e. The second-order valence-corrected chi connectivity index (χ2v) is 4.63. The Balaban J connectivity index is 2.29. The molecule has 4 heteroatoms. The van der Waals surface area contributed by atoms with E-state index in [1.807, 2.05) is 31.2 Å². The standard InChI is InChI=1S/C14H20N2O2/c1-10(2)14(18)16-9-13(17)15-8-12-6-4-11(3)5-7-12/h4-7,10H,8-9H2,1-3H3,(H,15,17)(H,16,18). The Kier molecular flexibility index (Phi) is 5.36. The van der Waals surface area contributed by atoms with Crippen molar-refractivity contribution in [1.82, 2.24) is 10.6 Å². The first-order chi connectivity index (χ1) is 8.49. The predicted octanol–water partition coefficient (Wildman–Crippen LogP) is 1.38. The van der Waals surface area contributed by atoms with Gasteiger partial charge in [-0.3, -0.25) is 9.59 Å². The Bertz CT molecular complexity index is 410. The maximum absolute atomic E-state index is 11.5. The molecular weight excluding hydrogens is 228 g/mol. The molecule has 1 rings (SSSR count). The number of benzene rings is 1. The third kappa shape index (κ3) is 4.99. The summed E-state index contributed by atoms with van der Waals surface area (Å²) in [5.41, 5.74) is 2.23. The van der Waals surface area contributed by atoms with Crippen LogP contribution in [0.25, 0.3) is 0 Å². The van der Waals surface area contributed by atoms with Crippen LogP contribution in [0.1, 0.15) is 25.0 Å². The number of carbonyl (C=O) groups is 2. The van der Waals surface area contributed by atoms with Crippen LogP contribution in [0, 0.1) is 12.8 Å². The average molecular weight is 248 g/mol. The van der Waals surface area contributed by atoms with E-state index in [4.69, 9.17) is 0 Å². The zero-order valence-electron chi connectivity index (χ0n) is 11.1. The number of aryl methyl sites for hydroxylation is 1. The van der Waals surface area contributed by atoms with E-state index in [1.54, 1.807) is 13.8 Å². The number of amides is 2. The quantitative estimate of drug-likeness (QED) is 0.827. The van der Waals surface area contributed by atoms with Crippen molar-refractivity contribution in [3.8, 4) is 0 Å². The Morgan fingerprint density at radius 1 is 1.11 bits per heavy atom. The molecule has 18 heavy (non-hydrogen) atoms. The molecule has 1 aromatic carbocycles. The van der Waals surface area contributed by atoms with Gasteiger partial charge in [0.05, 0.1) is 6.54 Å². The molecule has 0 aromatic heterocycles. The van der Waals surface area contributed by atoms with Crippen LogP contribution in [0.15, 0.2) is 24.3 Å². The van der Waals surface area contributed by atoms with Crippen molar-refractivity contribution in [2.45, 2.75) is 27.3 Å². The highest BCUT2D eigenvalue weighted by atomic mass is 16.2. The lowest BCUT2D eigenvalue weighted by atomic mass is 10.1. The third-order valence-electron chi connectivity index (χ3n) is 2.56. The Morgan fingerprint density at radius 3 is 2.28 bits per heavy atom. The molecule has 0 atom stereocenters. The molecule has 0 fully saturated rings. The summed E-state index contributed by atoms with van der Waals surface area (Å²) in [6.45, 7) is 6.11. The average Bonchev–Trinajstić information content (AvgIpc) is 2.35. The fourth-order valence-electron chi connectivity index (χ4n) is 1.34. The summed E-state index contributed by atoms with van der Waals surface area (Å²) in [5, 5.41) is 5.34. The summed E-state index contributed by atoms with van der Waals surface area (Å²) in [5.74, 6) is -0.389. The van der Waals surface area contributed by atoms with Gasteiger partial charge in [-0.25, -0.2) is 0 Å². The van der Waals surface area contributed by atoms with E-state index in [9.17, 15) is 9.59 Å². The molecule has 0 saturated carbocycles. The van der Waals surface area contributed by atoms with Crippen LogP contribution in [-0.4, -0.2) is 18.4 Å².